The summed E-state index contributed by atoms with van der Waals surface area (Å²) < 4.78 is 4.81. The normalized spacial score (nSPS) is 10.6. The van der Waals surface area contributed by atoms with Gasteiger partial charge in [0.25, 0.3) is 0 Å². The van der Waals surface area contributed by atoms with Crippen LogP contribution < -0.4 is 8.96 Å². The van der Waals surface area contributed by atoms with Crippen LogP contribution in [-0.2, 0) is 0 Å². The molecule has 0 amide bonds. The van der Waals surface area contributed by atoms with Crippen molar-refractivity contribution >= 4 is 7.55 Å². The fraction of sp³-hybridized carbons (Fsp3) is 0.286. The molecule has 0 aliphatic rings. The Balaban J connectivity index is 2.37. The van der Waals surface area contributed by atoms with Crippen LogP contribution >= 0.6 is 0 Å². The van der Waals surface area contributed by atoms with Gasteiger partial charge in [-0.1, -0.05) is 0 Å². The first-order valence-electron chi connectivity index (χ1n) is 6.26. The number of hydrogen-bond acceptors (Lipinski definition) is 0. The first-order chi connectivity index (χ1) is 8.06. The zero-order chi connectivity index (χ0) is 12.4. The molecule has 17 heavy (non-hydrogen) atoms. The first-order valence-corrected chi connectivity index (χ1v) is 6.26. The van der Waals surface area contributed by atoms with Crippen LogP contribution in [0.3, 0.4) is 0 Å². The van der Waals surface area contributed by atoms with Gasteiger partial charge >= 0.3 is 7.55 Å². The molecule has 2 aromatic rings. The van der Waals surface area contributed by atoms with Crippen LogP contribution in [0.1, 0.15) is 22.5 Å². The number of aromatic nitrogens is 2. The van der Waals surface area contributed by atoms with E-state index in [0.29, 0.717) is 0 Å². The molecular weight excluding hydrogens is 207 g/mol. The Bertz CT molecular complexity index is 500. The van der Waals surface area contributed by atoms with Crippen molar-refractivity contribution < 1.29 is 8.96 Å². The molecule has 2 rings (SSSR count). The van der Waals surface area contributed by atoms with Gasteiger partial charge in [0.2, 0.25) is 0 Å². The fourth-order valence-electron chi connectivity index (χ4n) is 2.30. The number of aryl methyl sites for hydroxylation is 4. The highest BCUT2D eigenvalue weighted by Gasteiger charge is 2.10. The molecule has 2 aromatic heterocycles. The molecule has 88 valence electrons. The highest BCUT2D eigenvalue weighted by atomic mass is 15.0. The third-order valence-electron chi connectivity index (χ3n) is 3.51. The summed E-state index contributed by atoms with van der Waals surface area (Å²) in [7, 11) is -0.364. The molecule has 0 bridgehead atoms. The highest BCUT2D eigenvalue weighted by Crippen LogP contribution is 1.95. The zero-order valence-electron chi connectivity index (χ0n) is 11.4. The van der Waals surface area contributed by atoms with E-state index in [1.807, 2.05) is 0 Å². The van der Waals surface area contributed by atoms with Crippen molar-refractivity contribution in [3.8, 4) is 0 Å². The Morgan fingerprint density at radius 3 is 1.53 bits per heavy atom. The molecule has 0 saturated carbocycles. The second kappa shape index (κ2) is 4.70. The number of nitrogens with zero attached hydrogens (tertiary/aromatic N) is 2. The van der Waals surface area contributed by atoms with Crippen molar-refractivity contribution in [3.05, 3.63) is 59.2 Å². The number of hydrogen-bond donors (Lipinski definition) is 0. The summed E-state index contributed by atoms with van der Waals surface area (Å²) in [5.41, 5.74) is 5.32. The largest absolute Gasteiger partial charge is 0.526 e. The van der Waals surface area contributed by atoms with Gasteiger partial charge in [-0.3, -0.25) is 0 Å². The van der Waals surface area contributed by atoms with Crippen molar-refractivity contribution in [2.75, 3.05) is 0 Å². The minimum atomic E-state index is -0.364. The van der Waals surface area contributed by atoms with E-state index in [0.717, 1.165) is 0 Å². The lowest BCUT2D eigenvalue weighted by Crippen LogP contribution is -2.61. The van der Waals surface area contributed by atoms with Gasteiger partial charge in [-0.25, -0.2) is 0 Å². The van der Waals surface area contributed by atoms with E-state index >= 15 is 0 Å². The van der Waals surface area contributed by atoms with Gasteiger partial charge in [0.15, 0.2) is 0 Å². The predicted octanol–water partition coefficient (Wildman–Crippen LogP) is 0.890. The van der Waals surface area contributed by atoms with Crippen molar-refractivity contribution in [1.29, 1.82) is 0 Å². The van der Waals surface area contributed by atoms with E-state index in [1.165, 1.54) is 22.5 Å². The molecule has 0 fully saturated rings. The summed E-state index contributed by atoms with van der Waals surface area (Å²) in [5.74, 6) is 0. The Kier molecular flexibility index (Phi) is 3.27. The van der Waals surface area contributed by atoms with Crippen LogP contribution in [0.2, 0.25) is 0 Å². The van der Waals surface area contributed by atoms with Crippen molar-refractivity contribution in [2.24, 2.45) is 0 Å². The predicted molar refractivity (Wildman–Crippen MR) is 71.6 cm³/mol. The molecule has 3 heteroatoms. The highest BCUT2D eigenvalue weighted by molar-refractivity contribution is 6.12. The molecule has 0 spiro atoms. The summed E-state index contributed by atoms with van der Waals surface area (Å²) in [6.07, 6.45) is 4.51. The summed E-state index contributed by atoms with van der Waals surface area (Å²) in [4.78, 5) is 0. The Hall–Kier alpha value is -1.64. The van der Waals surface area contributed by atoms with Gasteiger partial charge in [-0.15, -0.1) is 0 Å². The monoisotopic (exact) mass is 227 g/mol. The minimum Gasteiger partial charge on any atom is -0.364 e. The minimum absolute atomic E-state index is 0.364. The lowest BCUT2D eigenvalue weighted by atomic mass is 10.1. The topological polar surface area (TPSA) is 7.76 Å². The van der Waals surface area contributed by atoms with E-state index < -0.39 is 0 Å². The van der Waals surface area contributed by atoms with Crippen LogP contribution in [-0.4, -0.2) is 7.55 Å². The maximum absolute atomic E-state index is 2.40. The molecule has 0 aliphatic heterocycles. The van der Waals surface area contributed by atoms with Gasteiger partial charge < -0.3 is 8.96 Å². The number of pyridine rings is 2. The molecule has 2 heterocycles. The Labute approximate surface area is 104 Å². The summed E-state index contributed by atoms with van der Waals surface area (Å²) >= 11 is 0. The van der Waals surface area contributed by atoms with Crippen molar-refractivity contribution in [2.45, 2.75) is 27.7 Å². The van der Waals surface area contributed by atoms with Crippen LogP contribution in [0.15, 0.2) is 36.7 Å². The van der Waals surface area contributed by atoms with E-state index in [9.17, 15) is 0 Å². The van der Waals surface area contributed by atoms with Gasteiger partial charge in [0.05, 0.1) is 0 Å². The summed E-state index contributed by atoms with van der Waals surface area (Å²) in [5, 5.41) is 0. The molecule has 0 aromatic carbocycles. The number of rotatable bonds is 2. The molecular formula is C14H20BN2+. The Morgan fingerprint density at radius 1 is 0.706 bits per heavy atom. The third-order valence-corrected chi connectivity index (χ3v) is 3.51. The maximum atomic E-state index is 2.40. The molecule has 0 N–H and O–H groups in total. The fourth-order valence-corrected chi connectivity index (χ4v) is 2.30. The van der Waals surface area contributed by atoms with Gasteiger partial charge in [-0.2, -0.15) is 0 Å². The lowest BCUT2D eigenvalue weighted by molar-refractivity contribution is -0.666. The van der Waals surface area contributed by atoms with Gasteiger partial charge in [0.1, 0.15) is 23.8 Å². The van der Waals surface area contributed by atoms with E-state index in [-0.39, 0.29) is 7.55 Å². The van der Waals surface area contributed by atoms with Crippen LogP contribution in [0.4, 0.5) is 0 Å². The van der Waals surface area contributed by atoms with E-state index in [1.54, 1.807) is 0 Å². The summed E-state index contributed by atoms with van der Waals surface area (Å²) in [6.45, 7) is 8.65. The Morgan fingerprint density at radius 2 is 1.12 bits per heavy atom. The second-order valence-corrected chi connectivity index (χ2v) is 5.12. The summed E-state index contributed by atoms with van der Waals surface area (Å²) in [6, 6.07) is 8.74. The molecule has 0 saturated heterocycles. The quantitative estimate of drug-likeness (QED) is 0.673. The standard InChI is InChI=1S/C14H20BN2/c1-11-5-7-13(3)16(9-11)15-17-10-12(2)6-8-14(17)4/h5-10H,15H2,1-4H3/q+1. The van der Waals surface area contributed by atoms with Crippen LogP contribution in [0.25, 0.3) is 0 Å². The van der Waals surface area contributed by atoms with Crippen LogP contribution in [0.5, 0.6) is 0 Å². The van der Waals surface area contributed by atoms with Gasteiger partial charge in [-0.05, 0) is 26.0 Å². The van der Waals surface area contributed by atoms with Crippen molar-refractivity contribution in [1.82, 2.24) is 0 Å². The van der Waals surface area contributed by atoms with Gasteiger partial charge in [0, 0.05) is 37.1 Å². The molecule has 0 unspecified atom stereocenters. The molecule has 0 radical (unpaired) electrons. The SMILES string of the molecule is Cc1ccc(C)[n+]([BH2-][n+]2cc(C)ccc2C)c1. The zero-order valence-corrected chi connectivity index (χ0v) is 11.4. The first kappa shape index (κ1) is 11.8. The molecule has 2 nitrogen and oxygen atoms in total. The average molecular weight is 227 g/mol. The lowest BCUT2D eigenvalue weighted by Gasteiger charge is -2.09. The average Bonchev–Trinajstić information content (AvgIpc) is 2.28. The molecule has 0 aliphatic carbocycles. The van der Waals surface area contributed by atoms with E-state index in [2.05, 4.69) is 73.3 Å². The maximum Gasteiger partial charge on any atom is 0.526 e. The molecule has 0 atom stereocenters. The van der Waals surface area contributed by atoms with E-state index in [4.69, 9.17) is 0 Å². The van der Waals surface area contributed by atoms with Crippen molar-refractivity contribution in [3.63, 3.8) is 0 Å². The smallest absolute Gasteiger partial charge is 0.364 e. The van der Waals surface area contributed by atoms with Crippen LogP contribution in [0, 0.1) is 27.7 Å². The second-order valence-electron chi connectivity index (χ2n) is 5.12. The third kappa shape index (κ3) is 2.73.